The Hall–Kier alpha value is -0.690. The van der Waals surface area contributed by atoms with Crippen molar-refractivity contribution < 1.29 is 17.9 Å². The normalized spacial score (nSPS) is 21.4. The molecule has 0 aromatic carbocycles. The number of ether oxygens (including phenoxy) is 2. The molecule has 0 amide bonds. The Morgan fingerprint density at radius 3 is 2.76 bits per heavy atom. The van der Waals surface area contributed by atoms with E-state index in [1.807, 2.05) is 0 Å². The Kier molecular flexibility index (Phi) is 3.67. The lowest BCUT2D eigenvalue weighted by Crippen LogP contribution is -2.22. The van der Waals surface area contributed by atoms with Crippen LogP contribution in [0.4, 0.5) is 0 Å². The molecule has 7 heteroatoms. The van der Waals surface area contributed by atoms with E-state index >= 15 is 0 Å². The summed E-state index contributed by atoms with van der Waals surface area (Å²) in [5.74, 6) is 0. The second kappa shape index (κ2) is 4.89. The summed E-state index contributed by atoms with van der Waals surface area (Å²) in [6, 6.07) is 3.07. The molecule has 17 heavy (non-hydrogen) atoms. The summed E-state index contributed by atoms with van der Waals surface area (Å²) in [6.45, 7) is 1.43. The molecule has 0 saturated carbocycles. The van der Waals surface area contributed by atoms with Crippen molar-refractivity contribution >= 4 is 21.4 Å². The van der Waals surface area contributed by atoms with E-state index in [2.05, 4.69) is 4.98 Å². The molecule has 1 aliphatic heterocycles. The van der Waals surface area contributed by atoms with Crippen molar-refractivity contribution in [2.24, 2.45) is 0 Å². The first-order chi connectivity index (χ1) is 7.97. The van der Waals surface area contributed by atoms with Gasteiger partial charge < -0.3 is 9.47 Å². The Morgan fingerprint density at radius 1 is 1.41 bits per heavy atom. The molecule has 1 fully saturated rings. The quantitative estimate of drug-likeness (QED) is 0.761. The Morgan fingerprint density at radius 2 is 2.18 bits per heavy atom. The molecule has 0 radical (unpaired) electrons. The molecule has 2 heterocycles. The van der Waals surface area contributed by atoms with Crippen molar-refractivity contribution in [2.75, 3.05) is 26.1 Å². The van der Waals surface area contributed by atoms with E-state index in [-0.39, 0.29) is 16.3 Å². The summed E-state index contributed by atoms with van der Waals surface area (Å²) < 4.78 is 33.6. The summed E-state index contributed by atoms with van der Waals surface area (Å²) in [6.07, 6.45) is 0.804. The average Bonchev–Trinajstić information content (AvgIpc) is 2.28. The van der Waals surface area contributed by atoms with E-state index in [0.29, 0.717) is 25.4 Å². The first-order valence-electron chi connectivity index (χ1n) is 5.04. The summed E-state index contributed by atoms with van der Waals surface area (Å²) >= 11 is 5.80. The van der Waals surface area contributed by atoms with Crippen LogP contribution >= 0.6 is 11.6 Å². The monoisotopic (exact) mass is 277 g/mol. The van der Waals surface area contributed by atoms with Crippen molar-refractivity contribution in [1.82, 2.24) is 4.98 Å². The van der Waals surface area contributed by atoms with Crippen molar-refractivity contribution in [3.05, 3.63) is 22.8 Å². The van der Waals surface area contributed by atoms with Gasteiger partial charge >= 0.3 is 0 Å². The second-order valence-electron chi connectivity index (χ2n) is 3.77. The third kappa shape index (κ3) is 3.16. The van der Waals surface area contributed by atoms with Crippen molar-refractivity contribution in [3.63, 3.8) is 0 Å². The molecule has 1 atom stereocenters. The molecular formula is C10H12ClNO4S. The van der Waals surface area contributed by atoms with E-state index in [4.69, 9.17) is 21.1 Å². The van der Waals surface area contributed by atoms with Crippen molar-refractivity contribution in [3.8, 4) is 0 Å². The minimum Gasteiger partial charge on any atom is -0.376 e. The van der Waals surface area contributed by atoms with Gasteiger partial charge in [-0.15, -0.1) is 0 Å². The minimum atomic E-state index is -3.38. The summed E-state index contributed by atoms with van der Waals surface area (Å²) in [5, 5.41) is 0.0891. The van der Waals surface area contributed by atoms with Gasteiger partial charge in [0, 0.05) is 6.26 Å². The van der Waals surface area contributed by atoms with Gasteiger partial charge in [0.25, 0.3) is 0 Å². The smallest absolute Gasteiger partial charge is 0.192 e. The number of hydrogen-bond acceptors (Lipinski definition) is 5. The lowest BCUT2D eigenvalue weighted by molar-refractivity contribution is -0.0902. The highest BCUT2D eigenvalue weighted by Gasteiger charge is 2.20. The molecule has 1 aromatic rings. The zero-order chi connectivity index (χ0) is 12.5. The highest BCUT2D eigenvalue weighted by molar-refractivity contribution is 7.90. The number of pyridine rings is 1. The molecular weight excluding hydrogens is 266 g/mol. The van der Waals surface area contributed by atoms with Crippen molar-refractivity contribution in [2.45, 2.75) is 11.1 Å². The molecule has 0 aliphatic carbocycles. The predicted molar refractivity (Wildman–Crippen MR) is 61.9 cm³/mol. The Balaban J connectivity index is 2.37. The van der Waals surface area contributed by atoms with Gasteiger partial charge in [-0.25, -0.2) is 13.4 Å². The van der Waals surface area contributed by atoms with Gasteiger partial charge in [-0.05, 0) is 17.7 Å². The van der Waals surface area contributed by atoms with Gasteiger partial charge in [0.05, 0.1) is 19.8 Å². The van der Waals surface area contributed by atoms with Gasteiger partial charge in [-0.1, -0.05) is 11.6 Å². The minimum absolute atomic E-state index is 0.0471. The molecule has 0 bridgehead atoms. The molecule has 1 unspecified atom stereocenters. The van der Waals surface area contributed by atoms with E-state index in [0.717, 1.165) is 6.26 Å². The molecule has 1 saturated heterocycles. The van der Waals surface area contributed by atoms with Crippen LogP contribution < -0.4 is 0 Å². The van der Waals surface area contributed by atoms with Gasteiger partial charge in [-0.2, -0.15) is 0 Å². The molecule has 5 nitrogen and oxygen atoms in total. The maximum atomic E-state index is 11.4. The van der Waals surface area contributed by atoms with Crippen LogP contribution in [-0.4, -0.2) is 39.5 Å². The van der Waals surface area contributed by atoms with Crippen LogP contribution in [-0.2, 0) is 19.3 Å². The number of hydrogen-bond donors (Lipinski definition) is 0. The standard InChI is InChI=1S/C10H12ClNO4S/c1-17(13,14)10-5-7(4-9(11)12-10)8-6-15-2-3-16-8/h4-5,8H,2-3,6H2,1H3. The van der Waals surface area contributed by atoms with Crippen LogP contribution in [0.2, 0.25) is 5.15 Å². The summed E-state index contributed by atoms with van der Waals surface area (Å²) in [7, 11) is -3.38. The molecule has 0 spiro atoms. The van der Waals surface area contributed by atoms with Gasteiger partial charge in [-0.3, -0.25) is 0 Å². The van der Waals surface area contributed by atoms with E-state index in [1.54, 1.807) is 6.07 Å². The SMILES string of the molecule is CS(=O)(=O)c1cc(C2COCCO2)cc(Cl)n1. The van der Waals surface area contributed by atoms with Crippen LogP contribution in [0, 0.1) is 0 Å². The molecule has 2 rings (SSSR count). The Bertz CT molecular complexity index is 511. The lowest BCUT2D eigenvalue weighted by atomic mass is 10.1. The van der Waals surface area contributed by atoms with Crippen LogP contribution in [0.3, 0.4) is 0 Å². The van der Waals surface area contributed by atoms with Crippen LogP contribution in [0.1, 0.15) is 11.7 Å². The summed E-state index contributed by atoms with van der Waals surface area (Å²) in [5.41, 5.74) is 0.671. The molecule has 94 valence electrons. The average molecular weight is 278 g/mol. The highest BCUT2D eigenvalue weighted by Crippen LogP contribution is 2.24. The maximum absolute atomic E-state index is 11.4. The third-order valence-corrected chi connectivity index (χ3v) is 3.52. The zero-order valence-electron chi connectivity index (χ0n) is 9.22. The van der Waals surface area contributed by atoms with Gasteiger partial charge in [0.1, 0.15) is 11.3 Å². The van der Waals surface area contributed by atoms with E-state index in [1.165, 1.54) is 6.07 Å². The van der Waals surface area contributed by atoms with Gasteiger partial charge in [0.2, 0.25) is 0 Å². The number of halogens is 1. The highest BCUT2D eigenvalue weighted by atomic mass is 35.5. The van der Waals surface area contributed by atoms with Crippen molar-refractivity contribution in [1.29, 1.82) is 0 Å². The zero-order valence-corrected chi connectivity index (χ0v) is 10.8. The van der Waals surface area contributed by atoms with Gasteiger partial charge in [0.15, 0.2) is 14.9 Å². The van der Waals surface area contributed by atoms with Crippen LogP contribution in [0.5, 0.6) is 0 Å². The van der Waals surface area contributed by atoms with Crippen LogP contribution in [0.15, 0.2) is 17.2 Å². The largest absolute Gasteiger partial charge is 0.376 e. The first kappa shape index (κ1) is 12.8. The van der Waals surface area contributed by atoms with E-state index < -0.39 is 9.84 Å². The fourth-order valence-electron chi connectivity index (χ4n) is 1.55. The Labute approximate surface area is 105 Å². The number of nitrogens with zero attached hydrogens (tertiary/aromatic N) is 1. The van der Waals surface area contributed by atoms with E-state index in [9.17, 15) is 8.42 Å². The predicted octanol–water partition coefficient (Wildman–Crippen LogP) is 1.23. The first-order valence-corrected chi connectivity index (χ1v) is 7.30. The molecule has 0 N–H and O–H groups in total. The summed E-state index contributed by atoms with van der Waals surface area (Å²) in [4.78, 5) is 3.78. The molecule has 1 aromatic heterocycles. The number of aromatic nitrogens is 1. The third-order valence-electron chi connectivity index (χ3n) is 2.36. The van der Waals surface area contributed by atoms with Crippen LogP contribution in [0.25, 0.3) is 0 Å². The topological polar surface area (TPSA) is 65.5 Å². The fourth-order valence-corrected chi connectivity index (χ4v) is 2.43. The molecule has 1 aliphatic rings. The lowest BCUT2D eigenvalue weighted by Gasteiger charge is -2.23. The maximum Gasteiger partial charge on any atom is 0.192 e. The number of sulfone groups is 1. The number of rotatable bonds is 2. The fraction of sp³-hybridized carbons (Fsp3) is 0.500. The second-order valence-corrected chi connectivity index (χ2v) is 6.12.